The van der Waals surface area contributed by atoms with Crippen molar-refractivity contribution in [2.75, 3.05) is 11.9 Å². The van der Waals surface area contributed by atoms with E-state index in [1.54, 1.807) is 6.07 Å². The van der Waals surface area contributed by atoms with Gasteiger partial charge >= 0.3 is 0 Å². The van der Waals surface area contributed by atoms with Crippen molar-refractivity contribution in [3.63, 3.8) is 0 Å². The zero-order valence-corrected chi connectivity index (χ0v) is 10.9. The molecule has 21 heavy (non-hydrogen) atoms. The lowest BCUT2D eigenvalue weighted by Crippen LogP contribution is -2.21. The maximum absolute atomic E-state index is 13.9. The van der Waals surface area contributed by atoms with Crippen LogP contribution in [0.1, 0.15) is 15.9 Å². The first-order chi connectivity index (χ1) is 10.1. The van der Waals surface area contributed by atoms with Crippen LogP contribution in [0.25, 0.3) is 0 Å². The second-order valence-electron chi connectivity index (χ2n) is 4.08. The number of nitrogens with one attached hydrogen (secondary N) is 2. The largest absolute Gasteiger partial charge is 0.367 e. The molecule has 0 spiro atoms. The molecule has 0 aliphatic rings. The van der Waals surface area contributed by atoms with E-state index in [1.165, 1.54) is 30.6 Å². The number of hydrogen-bond donors (Lipinski definition) is 3. The van der Waals surface area contributed by atoms with E-state index < -0.39 is 17.2 Å². The van der Waals surface area contributed by atoms with Gasteiger partial charge in [-0.2, -0.15) is 0 Å². The Morgan fingerprint density at radius 2 is 2.19 bits per heavy atom. The molecule has 0 aliphatic carbocycles. The molecule has 0 saturated carbocycles. The smallest absolute Gasteiger partial charge is 0.261 e. The van der Waals surface area contributed by atoms with Gasteiger partial charge in [0.15, 0.2) is 5.43 Å². The lowest BCUT2D eigenvalue weighted by Gasteiger charge is -2.06. The van der Waals surface area contributed by atoms with Crippen LogP contribution < -0.4 is 16.5 Å². The molecule has 1 amide bonds. The number of H-pyrrole nitrogens is 1. The summed E-state index contributed by atoms with van der Waals surface area (Å²) in [6, 6.07) is 5.34. The molecule has 2 aromatic rings. The molecule has 0 bridgehead atoms. The highest BCUT2D eigenvalue weighted by Gasteiger charge is 2.12. The standard InChI is InChI=1S/C15H12FN3O2/c16-12-8-10(2-1-6-17)3-4-13(12)19-15(21)11-9-18-7-5-14(11)20/h3-5,7-9H,6,17H2,(H,18,20)(H,19,21). The number of nitrogens with two attached hydrogens (primary N) is 1. The van der Waals surface area contributed by atoms with Crippen molar-refractivity contribution < 1.29 is 9.18 Å². The molecule has 0 atom stereocenters. The summed E-state index contributed by atoms with van der Waals surface area (Å²) in [6.07, 6.45) is 2.67. The Bertz CT molecular complexity index is 787. The summed E-state index contributed by atoms with van der Waals surface area (Å²) in [6.45, 7) is 0.177. The van der Waals surface area contributed by atoms with Crippen molar-refractivity contribution in [3.05, 3.63) is 63.8 Å². The van der Waals surface area contributed by atoms with Gasteiger partial charge in [-0.25, -0.2) is 4.39 Å². The van der Waals surface area contributed by atoms with Crippen molar-refractivity contribution in [2.45, 2.75) is 0 Å². The molecule has 0 aliphatic heterocycles. The Morgan fingerprint density at radius 1 is 1.38 bits per heavy atom. The number of carbonyl (C=O) groups excluding carboxylic acids is 1. The zero-order chi connectivity index (χ0) is 15.2. The van der Waals surface area contributed by atoms with E-state index in [0.717, 1.165) is 0 Å². The summed E-state index contributed by atoms with van der Waals surface area (Å²) < 4.78 is 13.9. The van der Waals surface area contributed by atoms with Gasteiger partial charge in [-0.3, -0.25) is 9.59 Å². The van der Waals surface area contributed by atoms with E-state index in [0.29, 0.717) is 5.56 Å². The quantitative estimate of drug-likeness (QED) is 0.721. The van der Waals surface area contributed by atoms with Gasteiger partial charge in [0.1, 0.15) is 11.4 Å². The van der Waals surface area contributed by atoms with Crippen molar-refractivity contribution in [2.24, 2.45) is 5.73 Å². The van der Waals surface area contributed by atoms with Crippen LogP contribution >= 0.6 is 0 Å². The van der Waals surface area contributed by atoms with E-state index in [4.69, 9.17) is 5.73 Å². The average Bonchev–Trinajstić information content (AvgIpc) is 2.48. The summed E-state index contributed by atoms with van der Waals surface area (Å²) in [5.41, 5.74) is 5.12. The number of pyridine rings is 1. The molecule has 0 fully saturated rings. The van der Waals surface area contributed by atoms with Crippen LogP contribution in [-0.2, 0) is 0 Å². The number of amides is 1. The van der Waals surface area contributed by atoms with E-state index in [9.17, 15) is 14.0 Å². The summed E-state index contributed by atoms with van der Waals surface area (Å²) in [5, 5.41) is 2.34. The highest BCUT2D eigenvalue weighted by molar-refractivity contribution is 6.04. The molecule has 4 N–H and O–H groups in total. The predicted octanol–water partition coefficient (Wildman–Crippen LogP) is 1.08. The highest BCUT2D eigenvalue weighted by atomic mass is 19.1. The van der Waals surface area contributed by atoms with Gasteiger partial charge < -0.3 is 16.0 Å². The van der Waals surface area contributed by atoms with Gasteiger partial charge in [-0.05, 0) is 18.2 Å². The number of anilines is 1. The van der Waals surface area contributed by atoms with Gasteiger partial charge in [0.2, 0.25) is 0 Å². The minimum Gasteiger partial charge on any atom is -0.367 e. The molecule has 1 heterocycles. The monoisotopic (exact) mass is 285 g/mol. The minimum absolute atomic E-state index is 0.0263. The van der Waals surface area contributed by atoms with E-state index in [2.05, 4.69) is 22.1 Å². The lowest BCUT2D eigenvalue weighted by atomic mass is 10.2. The van der Waals surface area contributed by atoms with Gasteiger partial charge in [0.05, 0.1) is 12.2 Å². The Kier molecular flexibility index (Phi) is 4.49. The van der Waals surface area contributed by atoms with Crippen LogP contribution in [0, 0.1) is 17.7 Å². The molecule has 106 valence electrons. The Hall–Kier alpha value is -2.91. The molecular formula is C15H12FN3O2. The predicted molar refractivity (Wildman–Crippen MR) is 77.3 cm³/mol. The van der Waals surface area contributed by atoms with Gasteiger partial charge in [0, 0.05) is 24.0 Å². The number of hydrogen-bond acceptors (Lipinski definition) is 3. The van der Waals surface area contributed by atoms with E-state index >= 15 is 0 Å². The Balaban J connectivity index is 2.22. The van der Waals surface area contributed by atoms with Gasteiger partial charge in [-0.15, -0.1) is 0 Å². The normalized spacial score (nSPS) is 9.62. The molecule has 0 radical (unpaired) electrons. The highest BCUT2D eigenvalue weighted by Crippen LogP contribution is 2.15. The maximum atomic E-state index is 13.9. The summed E-state index contributed by atoms with van der Waals surface area (Å²) in [7, 11) is 0. The molecule has 1 aromatic heterocycles. The van der Waals surface area contributed by atoms with Crippen LogP contribution in [-0.4, -0.2) is 17.4 Å². The van der Waals surface area contributed by atoms with E-state index in [1.807, 2.05) is 0 Å². The molecule has 1 aromatic carbocycles. The number of aromatic amines is 1. The minimum atomic E-state index is -0.684. The van der Waals surface area contributed by atoms with Crippen molar-refractivity contribution in [3.8, 4) is 11.8 Å². The third-order valence-electron chi connectivity index (χ3n) is 2.62. The Labute approximate surface area is 120 Å². The third kappa shape index (κ3) is 3.55. The van der Waals surface area contributed by atoms with Gasteiger partial charge in [0.25, 0.3) is 5.91 Å². The third-order valence-corrected chi connectivity index (χ3v) is 2.62. The number of aromatic nitrogens is 1. The van der Waals surface area contributed by atoms with Gasteiger partial charge in [-0.1, -0.05) is 11.8 Å². The number of rotatable bonds is 2. The van der Waals surface area contributed by atoms with E-state index in [-0.39, 0.29) is 17.8 Å². The second-order valence-corrected chi connectivity index (χ2v) is 4.08. The van der Waals surface area contributed by atoms with Crippen LogP contribution in [0.5, 0.6) is 0 Å². The number of halogens is 1. The summed E-state index contributed by atoms with van der Waals surface area (Å²) >= 11 is 0. The first-order valence-electron chi connectivity index (χ1n) is 6.09. The zero-order valence-electron chi connectivity index (χ0n) is 10.9. The van der Waals surface area contributed by atoms with Crippen LogP contribution in [0.15, 0.2) is 41.5 Å². The first-order valence-corrected chi connectivity index (χ1v) is 6.09. The molecule has 5 nitrogen and oxygen atoms in total. The second kappa shape index (κ2) is 6.50. The number of carbonyl (C=O) groups is 1. The molecule has 2 rings (SSSR count). The average molecular weight is 285 g/mol. The fraction of sp³-hybridized carbons (Fsp3) is 0.0667. The fourth-order valence-corrected chi connectivity index (χ4v) is 1.63. The maximum Gasteiger partial charge on any atom is 0.261 e. The first kappa shape index (κ1) is 14.5. The summed E-state index contributed by atoms with van der Waals surface area (Å²) in [5.74, 6) is 3.96. The molecule has 0 unspecified atom stereocenters. The van der Waals surface area contributed by atoms with Crippen molar-refractivity contribution in [1.82, 2.24) is 4.98 Å². The topological polar surface area (TPSA) is 88.0 Å². The molecule has 0 saturated heterocycles. The molecule has 6 heteroatoms. The van der Waals surface area contributed by atoms with Crippen LogP contribution in [0.2, 0.25) is 0 Å². The summed E-state index contributed by atoms with van der Waals surface area (Å²) in [4.78, 5) is 26.0. The Morgan fingerprint density at radius 3 is 2.86 bits per heavy atom. The van der Waals surface area contributed by atoms with Crippen LogP contribution in [0.3, 0.4) is 0 Å². The fourth-order valence-electron chi connectivity index (χ4n) is 1.63. The van der Waals surface area contributed by atoms with Crippen molar-refractivity contribution >= 4 is 11.6 Å². The molecular weight excluding hydrogens is 273 g/mol. The van der Waals surface area contributed by atoms with Crippen LogP contribution in [0.4, 0.5) is 10.1 Å². The SMILES string of the molecule is NCC#Cc1ccc(NC(=O)c2c[nH]ccc2=O)c(F)c1. The number of benzene rings is 1. The lowest BCUT2D eigenvalue weighted by molar-refractivity contribution is 0.102. The van der Waals surface area contributed by atoms with Crippen molar-refractivity contribution in [1.29, 1.82) is 0 Å².